The summed E-state index contributed by atoms with van der Waals surface area (Å²) in [7, 11) is 0. The molecule has 19 heavy (non-hydrogen) atoms. The molecule has 1 aromatic rings. The monoisotopic (exact) mass is 282 g/mol. The smallest absolute Gasteiger partial charge is 0.124 e. The predicted octanol–water partition coefficient (Wildman–Crippen LogP) is 2.42. The summed E-state index contributed by atoms with van der Waals surface area (Å²) in [4.78, 5) is 0. The van der Waals surface area contributed by atoms with Gasteiger partial charge in [-0.1, -0.05) is 24.8 Å². The number of benzene rings is 1. The number of aliphatic hydroxyl groups excluding tert-OH is 2. The first-order valence-corrected chi connectivity index (χ1v) is 7.39. The molecule has 1 unspecified atom stereocenters. The van der Waals surface area contributed by atoms with Crippen LogP contribution in [0.15, 0.2) is 18.2 Å². The Labute approximate surface area is 118 Å². The number of hydrogen-bond acceptors (Lipinski definition) is 3. The molecule has 1 rings (SSSR count). The average molecular weight is 282 g/mol. The number of halogens is 1. The van der Waals surface area contributed by atoms with E-state index in [-0.39, 0.29) is 24.9 Å². The van der Waals surface area contributed by atoms with E-state index in [9.17, 15) is 4.39 Å². The van der Waals surface area contributed by atoms with Crippen LogP contribution in [0, 0.1) is 23.6 Å². The quantitative estimate of drug-likeness (QED) is 0.787. The normalized spacial score (nSPS) is 11.8. The van der Waals surface area contributed by atoms with E-state index < -0.39 is 0 Å². The Hall–Kier alpha value is -1.02. The van der Waals surface area contributed by atoms with E-state index in [1.165, 1.54) is 12.1 Å². The zero-order valence-corrected chi connectivity index (χ0v) is 11.8. The third kappa shape index (κ3) is 6.11. The van der Waals surface area contributed by atoms with Crippen LogP contribution < -0.4 is 0 Å². The molecule has 0 aliphatic rings. The van der Waals surface area contributed by atoms with E-state index in [2.05, 4.69) is 11.8 Å². The second-order valence-electron chi connectivity index (χ2n) is 4.38. The molecule has 0 aliphatic heterocycles. The molecule has 0 radical (unpaired) electrons. The lowest BCUT2D eigenvalue weighted by Gasteiger charge is -2.08. The largest absolute Gasteiger partial charge is 0.396 e. The van der Waals surface area contributed by atoms with Crippen molar-refractivity contribution in [3.63, 3.8) is 0 Å². The molecule has 0 saturated carbocycles. The van der Waals surface area contributed by atoms with Crippen LogP contribution in [0.5, 0.6) is 0 Å². The minimum Gasteiger partial charge on any atom is -0.396 e. The fourth-order valence-corrected chi connectivity index (χ4v) is 2.52. The Morgan fingerprint density at radius 3 is 2.84 bits per heavy atom. The average Bonchev–Trinajstić information content (AvgIpc) is 2.41. The summed E-state index contributed by atoms with van der Waals surface area (Å²) in [5.41, 5.74) is 1.67. The van der Waals surface area contributed by atoms with Gasteiger partial charge in [-0.2, -0.15) is 11.8 Å². The van der Waals surface area contributed by atoms with Crippen LogP contribution in [-0.4, -0.2) is 29.2 Å². The first-order chi connectivity index (χ1) is 9.17. The highest BCUT2D eigenvalue weighted by Gasteiger charge is 2.05. The molecule has 104 valence electrons. The molecular weight excluding hydrogens is 263 g/mol. The highest BCUT2D eigenvalue weighted by molar-refractivity contribution is 7.98. The van der Waals surface area contributed by atoms with Gasteiger partial charge in [-0.05, 0) is 29.4 Å². The van der Waals surface area contributed by atoms with Gasteiger partial charge >= 0.3 is 0 Å². The molecule has 0 fully saturated rings. The predicted molar refractivity (Wildman–Crippen MR) is 77.4 cm³/mol. The van der Waals surface area contributed by atoms with Crippen LogP contribution in [0.2, 0.25) is 0 Å². The summed E-state index contributed by atoms with van der Waals surface area (Å²) >= 11 is 1.70. The van der Waals surface area contributed by atoms with Crippen LogP contribution in [0.4, 0.5) is 4.39 Å². The molecule has 0 bridgehead atoms. The summed E-state index contributed by atoms with van der Waals surface area (Å²) < 4.78 is 13.2. The van der Waals surface area contributed by atoms with Crippen LogP contribution in [-0.2, 0) is 5.75 Å². The second kappa shape index (κ2) is 8.98. The topological polar surface area (TPSA) is 40.5 Å². The van der Waals surface area contributed by atoms with Crippen molar-refractivity contribution in [2.75, 3.05) is 19.0 Å². The summed E-state index contributed by atoms with van der Waals surface area (Å²) in [6, 6.07) is 4.60. The number of aliphatic hydroxyl groups is 2. The Bertz CT molecular complexity index is 451. The minimum absolute atomic E-state index is 0.0143. The molecule has 0 aromatic heterocycles. The highest BCUT2D eigenvalue weighted by Crippen LogP contribution is 2.19. The molecule has 1 atom stereocenters. The first-order valence-electron chi connectivity index (χ1n) is 6.24. The zero-order valence-electron chi connectivity index (χ0n) is 11.0. The lowest BCUT2D eigenvalue weighted by atomic mass is 10.1. The maximum atomic E-state index is 13.2. The molecule has 0 saturated heterocycles. The Morgan fingerprint density at radius 1 is 1.37 bits per heavy atom. The van der Waals surface area contributed by atoms with Gasteiger partial charge in [0.05, 0.1) is 6.61 Å². The van der Waals surface area contributed by atoms with Gasteiger partial charge in [-0.3, -0.25) is 0 Å². The van der Waals surface area contributed by atoms with Crippen molar-refractivity contribution >= 4 is 11.8 Å². The van der Waals surface area contributed by atoms with E-state index in [0.717, 1.165) is 17.1 Å². The van der Waals surface area contributed by atoms with Gasteiger partial charge in [-0.25, -0.2) is 4.39 Å². The molecule has 0 aliphatic carbocycles. The standard InChI is InChI=1S/C15H19FO2S/c1-12(9-18)10-19-11-14-5-6-15(16)8-13(14)4-2-3-7-17/h5-6,8,12,17-18H,3,7,9-11H2,1H3. The maximum Gasteiger partial charge on any atom is 0.124 e. The van der Waals surface area contributed by atoms with Gasteiger partial charge < -0.3 is 10.2 Å². The zero-order chi connectivity index (χ0) is 14.1. The van der Waals surface area contributed by atoms with Crippen molar-refractivity contribution in [2.45, 2.75) is 19.1 Å². The van der Waals surface area contributed by atoms with Crippen LogP contribution in [0.1, 0.15) is 24.5 Å². The summed E-state index contributed by atoms with van der Waals surface area (Å²) in [6.07, 6.45) is 0.393. The van der Waals surface area contributed by atoms with E-state index in [1.807, 2.05) is 6.92 Å². The molecular formula is C15H19FO2S. The molecule has 0 spiro atoms. The van der Waals surface area contributed by atoms with E-state index in [1.54, 1.807) is 17.8 Å². The summed E-state index contributed by atoms with van der Waals surface area (Å²) in [5.74, 6) is 7.27. The van der Waals surface area contributed by atoms with Crippen LogP contribution in [0.3, 0.4) is 0 Å². The molecule has 2 nitrogen and oxygen atoms in total. The third-order valence-corrected chi connectivity index (χ3v) is 3.82. The van der Waals surface area contributed by atoms with Gasteiger partial charge in [-0.15, -0.1) is 0 Å². The Morgan fingerprint density at radius 2 is 2.16 bits per heavy atom. The Balaban J connectivity index is 2.69. The van der Waals surface area contributed by atoms with Gasteiger partial charge in [0, 0.05) is 24.3 Å². The van der Waals surface area contributed by atoms with Crippen molar-refractivity contribution < 1.29 is 14.6 Å². The summed E-state index contributed by atoms with van der Waals surface area (Å²) in [6.45, 7) is 2.18. The molecule has 4 heteroatoms. The fraction of sp³-hybridized carbons (Fsp3) is 0.467. The van der Waals surface area contributed by atoms with Crippen LogP contribution in [0.25, 0.3) is 0 Å². The van der Waals surface area contributed by atoms with Gasteiger partial charge in [0.15, 0.2) is 0 Å². The van der Waals surface area contributed by atoms with E-state index in [4.69, 9.17) is 10.2 Å². The van der Waals surface area contributed by atoms with Crippen molar-refractivity contribution in [1.29, 1.82) is 0 Å². The van der Waals surface area contributed by atoms with Gasteiger partial charge in [0.2, 0.25) is 0 Å². The molecule has 1 aromatic carbocycles. The molecule has 0 amide bonds. The maximum absolute atomic E-state index is 13.2. The lowest BCUT2D eigenvalue weighted by Crippen LogP contribution is -2.03. The number of thioether (sulfide) groups is 1. The summed E-state index contributed by atoms with van der Waals surface area (Å²) in [5, 5.41) is 17.7. The molecule has 2 N–H and O–H groups in total. The Kier molecular flexibility index (Phi) is 7.57. The van der Waals surface area contributed by atoms with E-state index in [0.29, 0.717) is 12.0 Å². The van der Waals surface area contributed by atoms with Gasteiger partial charge in [0.25, 0.3) is 0 Å². The number of hydrogen-bond donors (Lipinski definition) is 2. The minimum atomic E-state index is -0.300. The SMILES string of the molecule is CC(CO)CSCc1ccc(F)cc1C#CCCO. The lowest BCUT2D eigenvalue weighted by molar-refractivity contribution is 0.250. The fourth-order valence-electron chi connectivity index (χ4n) is 1.43. The van der Waals surface area contributed by atoms with Crippen LogP contribution >= 0.6 is 11.8 Å². The molecule has 0 heterocycles. The van der Waals surface area contributed by atoms with Crippen molar-refractivity contribution in [2.24, 2.45) is 5.92 Å². The van der Waals surface area contributed by atoms with Crippen molar-refractivity contribution in [3.05, 3.63) is 35.1 Å². The van der Waals surface area contributed by atoms with Crippen molar-refractivity contribution in [3.8, 4) is 11.8 Å². The first kappa shape index (κ1) is 16.0. The van der Waals surface area contributed by atoms with Crippen molar-refractivity contribution in [1.82, 2.24) is 0 Å². The third-order valence-electron chi connectivity index (χ3n) is 2.50. The second-order valence-corrected chi connectivity index (χ2v) is 5.41. The highest BCUT2D eigenvalue weighted by atomic mass is 32.2. The van der Waals surface area contributed by atoms with E-state index >= 15 is 0 Å². The number of rotatable bonds is 6. The van der Waals surface area contributed by atoms with Gasteiger partial charge in [0.1, 0.15) is 5.82 Å².